The van der Waals surface area contributed by atoms with Crippen LogP contribution in [0.15, 0.2) is 22.8 Å². The van der Waals surface area contributed by atoms with Crippen LogP contribution in [0.2, 0.25) is 0 Å². The maximum Gasteiger partial charge on any atom is 0.191 e. The highest BCUT2D eigenvalue weighted by atomic mass is 127. The Labute approximate surface area is 212 Å². The van der Waals surface area contributed by atoms with E-state index in [0.717, 1.165) is 50.2 Å². The maximum atomic E-state index is 4.61. The van der Waals surface area contributed by atoms with Crippen molar-refractivity contribution in [3.63, 3.8) is 0 Å². The molecule has 1 unspecified atom stereocenters. The van der Waals surface area contributed by atoms with Gasteiger partial charge in [-0.1, -0.05) is 0 Å². The SMILES string of the molecule is CN=C(NCC1CCN(Cc2csc(C)n2)CC1)NC1CCCN(c2cnn(C)c2)C1.I. The minimum Gasteiger partial charge on any atom is -0.367 e. The van der Waals surface area contributed by atoms with Crippen LogP contribution < -0.4 is 15.5 Å². The summed E-state index contributed by atoms with van der Waals surface area (Å²) in [6.45, 7) is 8.44. The molecule has 1 atom stereocenters. The molecule has 32 heavy (non-hydrogen) atoms. The van der Waals surface area contributed by atoms with E-state index in [9.17, 15) is 0 Å². The third-order valence-electron chi connectivity index (χ3n) is 6.36. The minimum atomic E-state index is 0. The smallest absolute Gasteiger partial charge is 0.191 e. The molecular formula is C22H37IN8S. The lowest BCUT2D eigenvalue weighted by molar-refractivity contribution is 0.176. The molecule has 2 fully saturated rings. The van der Waals surface area contributed by atoms with Crippen LogP contribution in [0.4, 0.5) is 5.69 Å². The number of hydrogen-bond acceptors (Lipinski definition) is 6. The zero-order valence-electron chi connectivity index (χ0n) is 19.5. The Morgan fingerprint density at radius 1 is 1.25 bits per heavy atom. The van der Waals surface area contributed by atoms with E-state index >= 15 is 0 Å². The number of aromatic nitrogens is 3. The standard InChI is InChI=1S/C22H36N8S.HI/c1-17-26-20(16-31-17)13-29-9-6-18(7-10-29)11-24-22(23-2)27-19-5-4-8-30(14-19)21-12-25-28(3)15-21;/h12,15-16,18-19H,4-11,13-14H2,1-3H3,(H2,23,24,27);1H. The average Bonchev–Trinajstić information content (AvgIpc) is 3.40. The normalized spacial score (nSPS) is 20.8. The first-order chi connectivity index (χ1) is 15.1. The van der Waals surface area contributed by atoms with Crippen molar-refractivity contribution < 1.29 is 0 Å². The molecule has 2 aromatic rings. The number of nitrogens with zero attached hydrogens (tertiary/aromatic N) is 6. The predicted molar refractivity (Wildman–Crippen MR) is 143 cm³/mol. The summed E-state index contributed by atoms with van der Waals surface area (Å²) in [6.07, 6.45) is 8.86. The van der Waals surface area contributed by atoms with Crippen LogP contribution in [-0.4, -0.2) is 71.4 Å². The van der Waals surface area contributed by atoms with Crippen molar-refractivity contribution in [1.82, 2.24) is 30.3 Å². The molecule has 0 saturated carbocycles. The van der Waals surface area contributed by atoms with Crippen LogP contribution in [0.1, 0.15) is 36.4 Å². The maximum absolute atomic E-state index is 4.61. The van der Waals surface area contributed by atoms with E-state index < -0.39 is 0 Å². The van der Waals surface area contributed by atoms with Crippen LogP contribution in [-0.2, 0) is 13.6 Å². The van der Waals surface area contributed by atoms with Gasteiger partial charge in [-0.15, -0.1) is 35.3 Å². The molecule has 0 amide bonds. The molecule has 2 saturated heterocycles. The van der Waals surface area contributed by atoms with Crippen LogP contribution in [0.25, 0.3) is 0 Å². The molecule has 0 aliphatic carbocycles. The Balaban J connectivity index is 0.00000289. The fourth-order valence-corrected chi connectivity index (χ4v) is 5.19. The lowest BCUT2D eigenvalue weighted by Crippen LogP contribution is -2.52. The number of halogens is 1. The van der Waals surface area contributed by atoms with Crippen molar-refractivity contribution in [2.45, 2.75) is 45.2 Å². The zero-order valence-corrected chi connectivity index (χ0v) is 22.6. The van der Waals surface area contributed by atoms with Gasteiger partial charge in [0.25, 0.3) is 0 Å². The Morgan fingerprint density at radius 3 is 2.72 bits per heavy atom. The van der Waals surface area contributed by atoms with Crippen LogP contribution in [0.5, 0.6) is 0 Å². The Kier molecular flexibility index (Phi) is 9.60. The third kappa shape index (κ3) is 7.05. The van der Waals surface area contributed by atoms with Crippen molar-refractivity contribution in [3.05, 3.63) is 28.5 Å². The van der Waals surface area contributed by atoms with Gasteiger partial charge in [-0.25, -0.2) is 4.98 Å². The molecule has 2 N–H and O–H groups in total. The summed E-state index contributed by atoms with van der Waals surface area (Å²) in [5.74, 6) is 1.63. The van der Waals surface area contributed by atoms with Gasteiger partial charge in [-0.3, -0.25) is 14.6 Å². The fourth-order valence-electron chi connectivity index (χ4n) is 4.59. The molecular weight excluding hydrogens is 535 g/mol. The summed E-state index contributed by atoms with van der Waals surface area (Å²) in [7, 11) is 3.84. The number of piperidine rings is 2. The molecule has 178 valence electrons. The quantitative estimate of drug-likeness (QED) is 0.315. The lowest BCUT2D eigenvalue weighted by Gasteiger charge is -2.35. The topological polar surface area (TPSA) is 73.6 Å². The number of anilines is 1. The van der Waals surface area contributed by atoms with Gasteiger partial charge in [-0.2, -0.15) is 5.10 Å². The number of rotatable bonds is 6. The van der Waals surface area contributed by atoms with E-state index in [1.165, 1.54) is 37.1 Å². The van der Waals surface area contributed by atoms with Crippen molar-refractivity contribution in [2.75, 3.05) is 44.7 Å². The van der Waals surface area contributed by atoms with Crippen molar-refractivity contribution in [2.24, 2.45) is 18.0 Å². The number of hydrogen-bond donors (Lipinski definition) is 2. The average molecular weight is 573 g/mol. The molecule has 2 aliphatic heterocycles. The number of thiazole rings is 1. The van der Waals surface area contributed by atoms with E-state index in [-0.39, 0.29) is 24.0 Å². The monoisotopic (exact) mass is 572 g/mol. The molecule has 8 nitrogen and oxygen atoms in total. The molecule has 10 heteroatoms. The third-order valence-corrected chi connectivity index (χ3v) is 7.18. The van der Waals surface area contributed by atoms with Gasteiger partial charge in [0, 0.05) is 57.9 Å². The molecule has 0 radical (unpaired) electrons. The van der Waals surface area contributed by atoms with Gasteiger partial charge in [0.1, 0.15) is 0 Å². The summed E-state index contributed by atoms with van der Waals surface area (Å²) in [5, 5.41) is 14.9. The van der Waals surface area contributed by atoms with Crippen LogP contribution >= 0.6 is 35.3 Å². The van der Waals surface area contributed by atoms with E-state index in [0.29, 0.717) is 12.0 Å². The highest BCUT2D eigenvalue weighted by Gasteiger charge is 2.23. The highest BCUT2D eigenvalue weighted by Crippen LogP contribution is 2.20. The van der Waals surface area contributed by atoms with Crippen LogP contribution in [0.3, 0.4) is 0 Å². The second kappa shape index (κ2) is 12.2. The summed E-state index contributed by atoms with van der Waals surface area (Å²) in [5.41, 5.74) is 2.42. The van der Waals surface area contributed by atoms with Gasteiger partial charge in [0.05, 0.1) is 22.6 Å². The highest BCUT2D eigenvalue weighted by molar-refractivity contribution is 14.0. The van der Waals surface area contributed by atoms with Gasteiger partial charge >= 0.3 is 0 Å². The van der Waals surface area contributed by atoms with E-state index in [1.807, 2.05) is 25.0 Å². The van der Waals surface area contributed by atoms with Gasteiger partial charge in [-0.05, 0) is 51.6 Å². The van der Waals surface area contributed by atoms with E-state index in [2.05, 4.69) is 54.0 Å². The molecule has 2 aliphatic rings. The number of aliphatic imine (C=N–C) groups is 1. The Morgan fingerprint density at radius 2 is 2.06 bits per heavy atom. The van der Waals surface area contributed by atoms with Gasteiger partial charge in [0.15, 0.2) is 5.96 Å². The Hall–Kier alpha value is -1.40. The number of aryl methyl sites for hydroxylation is 2. The van der Waals surface area contributed by atoms with Gasteiger partial charge < -0.3 is 15.5 Å². The molecule has 0 aromatic carbocycles. The number of guanidine groups is 1. The summed E-state index contributed by atoms with van der Waals surface area (Å²) in [4.78, 5) is 14.0. The lowest BCUT2D eigenvalue weighted by atomic mass is 9.97. The second-order valence-corrected chi connectivity index (χ2v) is 9.89. The molecule has 2 aromatic heterocycles. The van der Waals surface area contributed by atoms with Crippen molar-refractivity contribution >= 4 is 47.0 Å². The van der Waals surface area contributed by atoms with E-state index in [1.54, 1.807) is 11.3 Å². The first-order valence-corrected chi connectivity index (χ1v) is 12.3. The molecule has 0 bridgehead atoms. The summed E-state index contributed by atoms with van der Waals surface area (Å²) < 4.78 is 1.87. The van der Waals surface area contributed by atoms with Crippen molar-refractivity contribution in [1.29, 1.82) is 0 Å². The summed E-state index contributed by atoms with van der Waals surface area (Å²) in [6, 6.07) is 0.406. The summed E-state index contributed by atoms with van der Waals surface area (Å²) >= 11 is 1.75. The van der Waals surface area contributed by atoms with E-state index in [4.69, 9.17) is 0 Å². The fraction of sp³-hybridized carbons (Fsp3) is 0.682. The number of nitrogens with one attached hydrogen (secondary N) is 2. The zero-order chi connectivity index (χ0) is 21.6. The number of likely N-dealkylation sites (tertiary alicyclic amines) is 1. The molecule has 4 rings (SSSR count). The largest absolute Gasteiger partial charge is 0.367 e. The first-order valence-electron chi connectivity index (χ1n) is 11.4. The molecule has 4 heterocycles. The Bertz CT molecular complexity index is 858. The van der Waals surface area contributed by atoms with Gasteiger partial charge in [0.2, 0.25) is 0 Å². The second-order valence-electron chi connectivity index (χ2n) is 8.83. The predicted octanol–water partition coefficient (Wildman–Crippen LogP) is 2.85. The minimum absolute atomic E-state index is 0. The van der Waals surface area contributed by atoms with Crippen LogP contribution in [0, 0.1) is 12.8 Å². The van der Waals surface area contributed by atoms with Crippen molar-refractivity contribution in [3.8, 4) is 0 Å². The molecule has 0 spiro atoms. The first kappa shape index (κ1) is 25.2.